The second-order valence-electron chi connectivity index (χ2n) is 6.74. The Morgan fingerprint density at radius 3 is 2.66 bits per heavy atom. The van der Waals surface area contributed by atoms with Crippen molar-refractivity contribution in [2.24, 2.45) is 0 Å². The summed E-state index contributed by atoms with van der Waals surface area (Å²) in [5.74, 6) is -0.519. The number of benzene rings is 2. The van der Waals surface area contributed by atoms with E-state index in [1.807, 2.05) is 30.3 Å². The van der Waals surface area contributed by atoms with E-state index in [0.29, 0.717) is 22.7 Å². The molecule has 29 heavy (non-hydrogen) atoms. The van der Waals surface area contributed by atoms with Crippen LogP contribution in [0.4, 0.5) is 5.69 Å². The maximum Gasteiger partial charge on any atom is 0.267 e. The van der Waals surface area contributed by atoms with Crippen molar-refractivity contribution in [2.45, 2.75) is 18.9 Å². The van der Waals surface area contributed by atoms with Gasteiger partial charge in [-0.15, -0.1) is 11.3 Å². The summed E-state index contributed by atoms with van der Waals surface area (Å²) in [7, 11) is 0. The molecule has 1 aliphatic rings. The molecule has 1 saturated heterocycles. The highest BCUT2D eigenvalue weighted by molar-refractivity contribution is 7.17. The lowest BCUT2D eigenvalue weighted by molar-refractivity contribution is 0.0858. The number of anilines is 1. The summed E-state index contributed by atoms with van der Waals surface area (Å²) in [4.78, 5) is 30.1. The summed E-state index contributed by atoms with van der Waals surface area (Å²) in [5, 5.41) is 6.51. The maximum absolute atomic E-state index is 12.7. The van der Waals surface area contributed by atoms with E-state index in [1.54, 1.807) is 30.5 Å². The molecule has 0 radical (unpaired) electrons. The second-order valence-corrected chi connectivity index (χ2v) is 7.77. The fourth-order valence-corrected chi connectivity index (χ4v) is 3.99. The minimum Gasteiger partial charge on any atom is -0.376 e. The molecule has 1 atom stereocenters. The van der Waals surface area contributed by atoms with Gasteiger partial charge < -0.3 is 15.4 Å². The topological polar surface area (TPSA) is 80.3 Å². The van der Waals surface area contributed by atoms with Gasteiger partial charge in [-0.05, 0) is 25.0 Å². The molecule has 2 heterocycles. The molecule has 7 heteroatoms. The van der Waals surface area contributed by atoms with Gasteiger partial charge in [0.25, 0.3) is 11.8 Å². The molecule has 1 fully saturated rings. The van der Waals surface area contributed by atoms with Crippen molar-refractivity contribution >= 4 is 28.8 Å². The highest BCUT2D eigenvalue weighted by atomic mass is 32.1. The number of carbonyl (C=O) groups is 2. The summed E-state index contributed by atoms with van der Waals surface area (Å²) in [6.45, 7) is 1.21. The molecule has 148 valence electrons. The predicted molar refractivity (Wildman–Crippen MR) is 113 cm³/mol. The summed E-state index contributed by atoms with van der Waals surface area (Å²) in [6.07, 6.45) is 3.60. The molecular weight excluding hydrogens is 386 g/mol. The van der Waals surface area contributed by atoms with Crippen molar-refractivity contribution in [3.63, 3.8) is 0 Å². The molecule has 0 aliphatic carbocycles. The van der Waals surface area contributed by atoms with E-state index < -0.39 is 0 Å². The summed E-state index contributed by atoms with van der Waals surface area (Å²) < 4.78 is 5.54. The smallest absolute Gasteiger partial charge is 0.267 e. The minimum absolute atomic E-state index is 0.0642. The first-order valence-corrected chi connectivity index (χ1v) is 10.3. The van der Waals surface area contributed by atoms with Crippen LogP contribution in [0.1, 0.15) is 32.9 Å². The quantitative estimate of drug-likeness (QED) is 0.648. The van der Waals surface area contributed by atoms with Gasteiger partial charge >= 0.3 is 0 Å². The lowest BCUT2D eigenvalue weighted by Gasteiger charge is -2.13. The van der Waals surface area contributed by atoms with Crippen LogP contribution in [0.3, 0.4) is 0 Å². The van der Waals surface area contributed by atoms with Crippen LogP contribution in [-0.4, -0.2) is 36.1 Å². The first-order chi connectivity index (χ1) is 14.2. The van der Waals surface area contributed by atoms with E-state index in [0.717, 1.165) is 30.0 Å². The molecule has 2 aromatic carbocycles. The minimum atomic E-state index is -0.288. The molecule has 6 nitrogen and oxygen atoms in total. The van der Waals surface area contributed by atoms with Crippen molar-refractivity contribution in [1.82, 2.24) is 10.3 Å². The third kappa shape index (κ3) is 4.70. The number of nitrogens with one attached hydrogen (secondary N) is 2. The Balaban J connectivity index is 1.44. The Morgan fingerprint density at radius 1 is 1.07 bits per heavy atom. The number of amides is 2. The van der Waals surface area contributed by atoms with Gasteiger partial charge in [-0.25, -0.2) is 4.98 Å². The summed E-state index contributed by atoms with van der Waals surface area (Å²) in [5.41, 5.74) is 1.86. The predicted octanol–water partition coefficient (Wildman–Crippen LogP) is 3.97. The molecule has 0 saturated carbocycles. The monoisotopic (exact) mass is 407 g/mol. The van der Waals surface area contributed by atoms with Crippen LogP contribution in [0.15, 0.2) is 60.8 Å². The number of hydrogen-bond acceptors (Lipinski definition) is 5. The molecule has 1 aliphatic heterocycles. The highest BCUT2D eigenvalue weighted by Crippen LogP contribution is 2.26. The SMILES string of the molecule is O=C(Nc1ccccc1C(=O)NC[C@@H]1CCCO1)c1cnc(-c2ccccc2)s1. The van der Waals surface area contributed by atoms with Crippen LogP contribution in [0.5, 0.6) is 0 Å². The molecule has 2 N–H and O–H groups in total. The normalized spacial score (nSPS) is 15.8. The van der Waals surface area contributed by atoms with Gasteiger partial charge in [0.05, 0.1) is 23.6 Å². The van der Waals surface area contributed by atoms with Gasteiger partial charge in [-0.3, -0.25) is 9.59 Å². The summed E-state index contributed by atoms with van der Waals surface area (Å²) in [6, 6.07) is 16.7. The average Bonchev–Trinajstić information content (AvgIpc) is 3.45. The first-order valence-electron chi connectivity index (χ1n) is 9.52. The molecule has 1 aromatic heterocycles. The van der Waals surface area contributed by atoms with E-state index >= 15 is 0 Å². The largest absolute Gasteiger partial charge is 0.376 e. The van der Waals surface area contributed by atoms with E-state index in [9.17, 15) is 9.59 Å². The number of para-hydroxylation sites is 1. The van der Waals surface area contributed by atoms with E-state index in [4.69, 9.17) is 4.74 Å². The Bertz CT molecular complexity index is 997. The van der Waals surface area contributed by atoms with Gasteiger partial charge in [0.15, 0.2) is 0 Å². The molecule has 3 aromatic rings. The van der Waals surface area contributed by atoms with Crippen LogP contribution in [0.2, 0.25) is 0 Å². The lowest BCUT2D eigenvalue weighted by atomic mass is 10.1. The zero-order chi connectivity index (χ0) is 20.1. The molecule has 2 amide bonds. The molecule has 4 rings (SSSR count). The van der Waals surface area contributed by atoms with Gasteiger partial charge in [0, 0.05) is 18.7 Å². The Kier molecular flexibility index (Phi) is 5.97. The van der Waals surface area contributed by atoms with Gasteiger partial charge in [0.2, 0.25) is 0 Å². The zero-order valence-corrected chi connectivity index (χ0v) is 16.6. The van der Waals surface area contributed by atoms with E-state index in [1.165, 1.54) is 11.3 Å². The average molecular weight is 407 g/mol. The number of thiazole rings is 1. The van der Waals surface area contributed by atoms with Crippen molar-refractivity contribution in [1.29, 1.82) is 0 Å². The Hall–Kier alpha value is -3.03. The Labute approximate surface area is 172 Å². The maximum atomic E-state index is 12.7. The second kappa shape index (κ2) is 8.98. The number of aromatic nitrogens is 1. The Morgan fingerprint density at radius 2 is 1.86 bits per heavy atom. The molecule has 0 spiro atoms. The number of ether oxygens (including phenoxy) is 1. The zero-order valence-electron chi connectivity index (χ0n) is 15.8. The van der Waals surface area contributed by atoms with Gasteiger partial charge in [0.1, 0.15) is 9.88 Å². The van der Waals surface area contributed by atoms with Crippen LogP contribution in [0, 0.1) is 0 Å². The lowest BCUT2D eigenvalue weighted by Crippen LogP contribution is -2.32. The van der Waals surface area contributed by atoms with Crippen molar-refractivity contribution in [3.05, 3.63) is 71.2 Å². The van der Waals surface area contributed by atoms with Crippen molar-refractivity contribution < 1.29 is 14.3 Å². The van der Waals surface area contributed by atoms with Crippen LogP contribution < -0.4 is 10.6 Å². The fourth-order valence-electron chi connectivity index (χ4n) is 3.17. The van der Waals surface area contributed by atoms with Gasteiger partial charge in [-0.2, -0.15) is 0 Å². The molecule has 0 bridgehead atoms. The fraction of sp³-hybridized carbons (Fsp3) is 0.227. The molecular formula is C22H21N3O3S. The number of carbonyl (C=O) groups excluding carboxylic acids is 2. The standard InChI is InChI=1S/C22H21N3O3S/c26-20(23-13-16-9-6-12-28-16)17-10-4-5-11-18(17)25-21(27)19-14-24-22(29-19)15-7-2-1-3-8-15/h1-5,7-8,10-11,14,16H,6,9,12-13H2,(H,23,26)(H,25,27)/t16-/m0/s1. The summed E-state index contributed by atoms with van der Waals surface area (Å²) >= 11 is 1.31. The van der Waals surface area contributed by atoms with Crippen molar-refractivity contribution in [2.75, 3.05) is 18.5 Å². The third-order valence-corrected chi connectivity index (χ3v) is 5.73. The first kappa shape index (κ1) is 19.3. The van der Waals surface area contributed by atoms with E-state index in [-0.39, 0.29) is 17.9 Å². The van der Waals surface area contributed by atoms with Crippen LogP contribution >= 0.6 is 11.3 Å². The van der Waals surface area contributed by atoms with Gasteiger partial charge in [-0.1, -0.05) is 42.5 Å². The number of nitrogens with zero attached hydrogens (tertiary/aromatic N) is 1. The van der Waals surface area contributed by atoms with E-state index in [2.05, 4.69) is 15.6 Å². The molecule has 0 unspecified atom stereocenters. The third-order valence-electron chi connectivity index (χ3n) is 4.68. The van der Waals surface area contributed by atoms with Crippen LogP contribution in [-0.2, 0) is 4.74 Å². The highest BCUT2D eigenvalue weighted by Gasteiger charge is 2.19. The van der Waals surface area contributed by atoms with Crippen molar-refractivity contribution in [3.8, 4) is 10.6 Å². The number of hydrogen-bond donors (Lipinski definition) is 2. The van der Waals surface area contributed by atoms with Crippen LogP contribution in [0.25, 0.3) is 10.6 Å². The number of rotatable bonds is 6.